The van der Waals surface area contributed by atoms with E-state index in [-0.39, 0.29) is 124 Å². The molecule has 0 bridgehead atoms. The fourth-order valence-electron chi connectivity index (χ4n) is 0. The summed E-state index contributed by atoms with van der Waals surface area (Å²) in [6.07, 6.45) is 0. The molecule has 0 aromatic carbocycles. The average molecular weight is 530 g/mol. The topological polar surface area (TPSA) is 172 Å². The van der Waals surface area contributed by atoms with Crippen LogP contribution in [0.15, 0.2) is 0 Å². The second kappa shape index (κ2) is 24.3. The normalized spacial score (nSPS) is 7.38. The Kier molecular flexibility index (Phi) is 75.8. The second-order valence-corrected chi connectivity index (χ2v) is 2.68. The minimum atomic E-state index is -5.39. The van der Waals surface area contributed by atoms with Crippen LogP contribution in [0.5, 0.6) is 0 Å². The molecule has 0 spiro atoms. The molecule has 0 aromatic rings. The van der Waals surface area contributed by atoms with Crippen molar-refractivity contribution in [3.05, 3.63) is 0 Å². The van der Waals surface area contributed by atoms with Crippen LogP contribution in [0.3, 0.4) is 0 Å². The summed E-state index contributed by atoms with van der Waals surface area (Å²) in [5.41, 5.74) is 0. The van der Waals surface area contributed by atoms with Crippen LogP contribution >= 0.6 is 15.6 Å². The van der Waals surface area contributed by atoms with Gasteiger partial charge in [0.25, 0.3) is 0 Å². The van der Waals surface area contributed by atoms with Gasteiger partial charge in [-0.2, -0.15) is 15.6 Å². The van der Waals surface area contributed by atoms with Crippen LogP contribution in [0.1, 0.15) is 0 Å². The predicted octanol–water partition coefficient (Wildman–Crippen LogP) is -5.66. The van der Waals surface area contributed by atoms with Gasteiger partial charge < -0.3 is 38.5 Å². The van der Waals surface area contributed by atoms with E-state index in [9.17, 15) is 0 Å². The molecule has 16 heteroatoms. The summed E-state index contributed by atoms with van der Waals surface area (Å²) < 4.78 is 17.1. The van der Waals surface area contributed by atoms with Crippen molar-refractivity contribution in [2.24, 2.45) is 0 Å². The van der Waals surface area contributed by atoms with Gasteiger partial charge in [0.2, 0.25) is 0 Å². The van der Waals surface area contributed by atoms with E-state index in [4.69, 9.17) is 38.5 Å². The minimum Gasteiger partial charge on any atom is -0.822 e. The van der Waals surface area contributed by atoms with Crippen molar-refractivity contribution in [3.8, 4) is 0 Å². The van der Waals surface area contributed by atoms with Crippen LogP contribution in [0.25, 0.3) is 0 Å². The molecular weight excluding hydrogens is 530 g/mol. The summed E-state index contributed by atoms with van der Waals surface area (Å²) in [6.45, 7) is 0. The van der Waals surface area contributed by atoms with Crippen molar-refractivity contribution in [2.45, 2.75) is 0 Å². The Morgan fingerprint density at radius 1 is 0.500 bits per heavy atom. The molecule has 8 nitrogen and oxygen atoms in total. The summed E-state index contributed by atoms with van der Waals surface area (Å²) in [5.74, 6) is 0. The first kappa shape index (κ1) is 50.0. The van der Waals surface area contributed by atoms with E-state index in [1.165, 1.54) is 0 Å². The van der Waals surface area contributed by atoms with E-state index in [0.717, 1.165) is 0 Å². The Labute approximate surface area is 175 Å². The quantitative estimate of drug-likeness (QED) is 0.221. The molecule has 0 radical (unpaired) electrons. The van der Waals surface area contributed by atoms with Gasteiger partial charge in [0, 0.05) is 65.2 Å². The molecule has 0 saturated carbocycles. The van der Waals surface area contributed by atoms with Gasteiger partial charge in [-0.25, -0.2) is 0 Å². The van der Waals surface area contributed by atoms with E-state index in [2.05, 4.69) is 0 Å². The molecule has 0 aliphatic carbocycles. The third kappa shape index (κ3) is 302. The molecule has 0 amide bonds. The monoisotopic (exact) mass is 526 g/mol. The van der Waals surface area contributed by atoms with E-state index < -0.39 is 15.6 Å². The smallest absolute Gasteiger partial charge is 0.822 e. The summed E-state index contributed by atoms with van der Waals surface area (Å²) in [6, 6.07) is 0. The van der Waals surface area contributed by atoms with Gasteiger partial charge in [0.1, 0.15) is 0 Å². The fourth-order valence-corrected chi connectivity index (χ4v) is 0. The minimum absolute atomic E-state index is 0. The average Bonchev–Trinajstić information content (AvgIpc) is 1.12. The van der Waals surface area contributed by atoms with Crippen LogP contribution in [-0.2, 0) is 133 Å². The van der Waals surface area contributed by atoms with Gasteiger partial charge in [-0.1, -0.05) is 0 Å². The van der Waals surface area contributed by atoms with Crippen molar-refractivity contribution in [2.75, 3.05) is 0 Å². The van der Waals surface area contributed by atoms with Gasteiger partial charge >= 0.3 is 58.4 Å². The zero-order chi connectivity index (χ0) is 9.00. The zero-order valence-electron chi connectivity index (χ0n) is 7.78. The first-order valence-electron chi connectivity index (χ1n) is 1.46. The molecule has 0 fully saturated rings. The number of hydrogen-bond donors (Lipinski definition) is 0. The predicted molar refractivity (Wildman–Crippen MR) is 15.2 cm³/mol. The van der Waals surface area contributed by atoms with Crippen LogP contribution in [-0.4, -0.2) is 0 Å². The molecule has 0 N–H and O–H groups in total. The van der Waals surface area contributed by atoms with Gasteiger partial charge in [-0.3, -0.25) is 0 Å². The molecule has 0 rings (SSSR count). The Morgan fingerprint density at radius 3 is 0.500 bits per heavy atom. The van der Waals surface area contributed by atoms with Crippen LogP contribution in [0.4, 0.5) is 0 Å². The Morgan fingerprint density at radius 2 is 0.500 bits per heavy atom. The molecule has 0 heterocycles. The summed E-state index contributed by atoms with van der Waals surface area (Å²) in [4.78, 5) is 51.3. The van der Waals surface area contributed by atoms with Crippen molar-refractivity contribution in [1.82, 2.24) is 0 Å². The first-order chi connectivity index (χ1) is 4.00. The molecule has 0 saturated heterocycles. The first-order valence-corrected chi connectivity index (χ1v) is 4.38. The summed E-state index contributed by atoms with van der Waals surface area (Å²) in [7, 11) is -10.8. The zero-order valence-corrected chi connectivity index (χ0v) is 23.2. The van der Waals surface area contributed by atoms with Crippen molar-refractivity contribution < 1.29 is 162 Å². The third-order valence-electron chi connectivity index (χ3n) is 0. The van der Waals surface area contributed by atoms with Gasteiger partial charge in [-0.15, -0.1) is 0 Å². The Bertz CT molecular complexity index is 141. The van der Waals surface area contributed by atoms with Gasteiger partial charge in [0.15, 0.2) is 0 Å². The standard InChI is InChI=1S/2H3O4P.3Ti.3Zn/c2*1-5(2,3)4;;;;;;/h2*(H3,1,2,3,4);;;;;;/q;;;;;3*+2/p-6. The number of phosphoric acid groups is 2. The molecule has 0 aromatic heterocycles. The molecule has 16 heavy (non-hydrogen) atoms. The Hall–Kier alpha value is 4.23. The van der Waals surface area contributed by atoms with E-state index >= 15 is 0 Å². The third-order valence-corrected chi connectivity index (χ3v) is 0. The fraction of sp³-hybridized carbons (Fsp3) is 0. The van der Waals surface area contributed by atoms with E-state index in [0.29, 0.717) is 0 Å². The van der Waals surface area contributed by atoms with Crippen molar-refractivity contribution in [1.29, 1.82) is 0 Å². The van der Waals surface area contributed by atoms with Gasteiger partial charge in [-0.05, 0) is 0 Å². The number of rotatable bonds is 0. The maximum Gasteiger partial charge on any atom is 2.00 e. The second-order valence-electron chi connectivity index (χ2n) is 0.894. The molecule has 76 valence electrons. The SMILES string of the molecule is O=P([O-])([O-])[O-].O=P([O-])([O-])[O-].[Ti].[Ti].[Ti].[Zn+2].[Zn+2].[Zn+2]. The summed E-state index contributed by atoms with van der Waals surface area (Å²) in [5, 5.41) is 0. The molecular formula is O8P2Ti3Zn3. The van der Waals surface area contributed by atoms with Crippen LogP contribution in [0.2, 0.25) is 0 Å². The van der Waals surface area contributed by atoms with Crippen molar-refractivity contribution >= 4 is 15.6 Å². The Balaban J connectivity index is -0.00000000970. The maximum absolute atomic E-state index is 8.55. The van der Waals surface area contributed by atoms with Crippen LogP contribution < -0.4 is 29.4 Å². The van der Waals surface area contributed by atoms with E-state index in [1.54, 1.807) is 0 Å². The number of hydrogen-bond acceptors (Lipinski definition) is 8. The molecule has 0 unspecified atom stereocenters. The van der Waals surface area contributed by atoms with Crippen LogP contribution in [0, 0.1) is 0 Å². The van der Waals surface area contributed by atoms with E-state index in [1.807, 2.05) is 0 Å². The summed E-state index contributed by atoms with van der Waals surface area (Å²) >= 11 is 0. The van der Waals surface area contributed by atoms with Gasteiger partial charge in [0.05, 0.1) is 0 Å². The largest absolute Gasteiger partial charge is 2.00 e. The maximum atomic E-state index is 8.55. The van der Waals surface area contributed by atoms with Crippen molar-refractivity contribution in [3.63, 3.8) is 0 Å². The molecule has 0 aliphatic rings. The molecule has 0 atom stereocenters. The molecule has 0 aliphatic heterocycles.